The standard InChI is InChI=1S/C16H14F2N4OS/c1-10(12-6-5-11(17)8-13(12)18)19-15(23)9-24-16-21-20-14-4-2-3-7-22(14)16/h2-8,10H,9H2,1H3,(H,19,23)/t10-/m0/s1. The van der Waals surface area contributed by atoms with Crippen molar-refractivity contribution in [1.82, 2.24) is 19.9 Å². The number of aromatic nitrogens is 3. The first-order valence-corrected chi connectivity index (χ1v) is 8.20. The van der Waals surface area contributed by atoms with E-state index in [2.05, 4.69) is 15.5 Å². The van der Waals surface area contributed by atoms with Gasteiger partial charge in [0.2, 0.25) is 5.91 Å². The molecular formula is C16H14F2N4OS. The summed E-state index contributed by atoms with van der Waals surface area (Å²) in [5.74, 6) is -1.49. The summed E-state index contributed by atoms with van der Waals surface area (Å²) < 4.78 is 28.4. The van der Waals surface area contributed by atoms with Crippen molar-refractivity contribution < 1.29 is 13.6 Å². The van der Waals surface area contributed by atoms with E-state index >= 15 is 0 Å². The molecule has 1 N–H and O–H groups in total. The van der Waals surface area contributed by atoms with Crippen LogP contribution in [0.1, 0.15) is 18.5 Å². The van der Waals surface area contributed by atoms with Crippen LogP contribution in [0.3, 0.4) is 0 Å². The normalized spacial score (nSPS) is 12.3. The number of carbonyl (C=O) groups excluding carboxylic acids is 1. The molecule has 24 heavy (non-hydrogen) atoms. The number of carbonyl (C=O) groups is 1. The largest absolute Gasteiger partial charge is 0.349 e. The van der Waals surface area contributed by atoms with Crippen LogP contribution < -0.4 is 5.32 Å². The summed E-state index contributed by atoms with van der Waals surface area (Å²) in [6.07, 6.45) is 1.81. The van der Waals surface area contributed by atoms with E-state index in [1.807, 2.05) is 24.4 Å². The SMILES string of the molecule is C[C@H](NC(=O)CSc1nnc2ccccn12)c1ccc(F)cc1F. The van der Waals surface area contributed by atoms with Gasteiger partial charge in [-0.3, -0.25) is 9.20 Å². The molecule has 3 rings (SSSR count). The summed E-state index contributed by atoms with van der Waals surface area (Å²) >= 11 is 1.23. The fourth-order valence-electron chi connectivity index (χ4n) is 2.26. The van der Waals surface area contributed by atoms with Gasteiger partial charge >= 0.3 is 0 Å². The third kappa shape index (κ3) is 3.53. The van der Waals surface area contributed by atoms with Gasteiger partial charge in [0.1, 0.15) is 11.6 Å². The van der Waals surface area contributed by atoms with Crippen LogP contribution in [0, 0.1) is 11.6 Å². The number of nitrogens with zero attached hydrogens (tertiary/aromatic N) is 3. The summed E-state index contributed by atoms with van der Waals surface area (Å²) in [7, 11) is 0. The van der Waals surface area contributed by atoms with Crippen molar-refractivity contribution in [2.24, 2.45) is 0 Å². The van der Waals surface area contributed by atoms with Crippen molar-refractivity contribution in [3.8, 4) is 0 Å². The van der Waals surface area contributed by atoms with Gasteiger partial charge in [0.25, 0.3) is 0 Å². The summed E-state index contributed by atoms with van der Waals surface area (Å²) in [6.45, 7) is 1.64. The van der Waals surface area contributed by atoms with Gasteiger partial charge in [0.15, 0.2) is 10.8 Å². The van der Waals surface area contributed by atoms with Gasteiger partial charge in [-0.2, -0.15) is 0 Å². The Morgan fingerprint density at radius 1 is 1.29 bits per heavy atom. The molecule has 2 aromatic heterocycles. The highest BCUT2D eigenvalue weighted by Crippen LogP contribution is 2.19. The highest BCUT2D eigenvalue weighted by molar-refractivity contribution is 7.99. The lowest BCUT2D eigenvalue weighted by molar-refractivity contribution is -0.119. The fraction of sp³-hybridized carbons (Fsp3) is 0.188. The number of pyridine rings is 1. The first-order valence-electron chi connectivity index (χ1n) is 7.21. The average Bonchev–Trinajstić information content (AvgIpc) is 2.96. The van der Waals surface area contributed by atoms with Gasteiger partial charge in [-0.1, -0.05) is 23.9 Å². The summed E-state index contributed by atoms with van der Waals surface area (Å²) in [5.41, 5.74) is 0.935. The molecule has 0 fully saturated rings. The molecular weight excluding hydrogens is 334 g/mol. The topological polar surface area (TPSA) is 59.3 Å². The number of amides is 1. The molecule has 5 nitrogen and oxygen atoms in total. The molecule has 1 aromatic carbocycles. The maximum Gasteiger partial charge on any atom is 0.230 e. The molecule has 0 saturated carbocycles. The number of rotatable bonds is 5. The van der Waals surface area contributed by atoms with Crippen LogP contribution in [-0.2, 0) is 4.79 Å². The van der Waals surface area contributed by atoms with Crippen molar-refractivity contribution in [3.05, 3.63) is 59.8 Å². The lowest BCUT2D eigenvalue weighted by Crippen LogP contribution is -2.28. The summed E-state index contributed by atoms with van der Waals surface area (Å²) in [4.78, 5) is 12.1. The lowest BCUT2D eigenvalue weighted by atomic mass is 10.1. The summed E-state index contributed by atoms with van der Waals surface area (Å²) in [6, 6.07) is 8.25. The molecule has 0 spiro atoms. The smallest absolute Gasteiger partial charge is 0.230 e. The van der Waals surface area contributed by atoms with E-state index in [1.54, 1.807) is 11.3 Å². The van der Waals surface area contributed by atoms with E-state index in [0.29, 0.717) is 10.8 Å². The second-order valence-electron chi connectivity index (χ2n) is 5.16. The van der Waals surface area contributed by atoms with E-state index in [0.717, 1.165) is 12.1 Å². The Hall–Kier alpha value is -2.48. The number of hydrogen-bond donors (Lipinski definition) is 1. The van der Waals surface area contributed by atoms with Crippen molar-refractivity contribution >= 4 is 23.3 Å². The van der Waals surface area contributed by atoms with E-state index in [9.17, 15) is 13.6 Å². The summed E-state index contributed by atoms with van der Waals surface area (Å²) in [5, 5.41) is 11.3. The van der Waals surface area contributed by atoms with Crippen LogP contribution in [-0.4, -0.2) is 26.3 Å². The predicted molar refractivity (Wildman–Crippen MR) is 86.6 cm³/mol. The van der Waals surface area contributed by atoms with Crippen molar-refractivity contribution in [2.45, 2.75) is 18.1 Å². The molecule has 2 heterocycles. The van der Waals surface area contributed by atoms with Gasteiger partial charge in [-0.15, -0.1) is 10.2 Å². The van der Waals surface area contributed by atoms with E-state index in [-0.39, 0.29) is 17.2 Å². The molecule has 0 aliphatic carbocycles. The van der Waals surface area contributed by atoms with Crippen molar-refractivity contribution in [1.29, 1.82) is 0 Å². The molecule has 0 saturated heterocycles. The second kappa shape index (κ2) is 6.96. The van der Waals surface area contributed by atoms with Crippen LogP contribution >= 0.6 is 11.8 Å². The zero-order valence-corrected chi connectivity index (χ0v) is 13.6. The molecule has 0 radical (unpaired) electrons. The van der Waals surface area contributed by atoms with Crippen LogP contribution in [0.5, 0.6) is 0 Å². The van der Waals surface area contributed by atoms with Crippen LogP contribution in [0.15, 0.2) is 47.8 Å². The first-order chi connectivity index (χ1) is 11.5. The minimum absolute atomic E-state index is 0.114. The van der Waals surface area contributed by atoms with Gasteiger partial charge in [0, 0.05) is 17.8 Å². The predicted octanol–water partition coefficient (Wildman–Crippen LogP) is 2.98. The van der Waals surface area contributed by atoms with Crippen LogP contribution in [0.2, 0.25) is 0 Å². The number of halogens is 2. The maximum atomic E-state index is 13.7. The monoisotopic (exact) mass is 348 g/mol. The second-order valence-corrected chi connectivity index (χ2v) is 6.10. The van der Waals surface area contributed by atoms with Crippen LogP contribution in [0.4, 0.5) is 8.78 Å². The zero-order chi connectivity index (χ0) is 17.1. The Morgan fingerprint density at radius 2 is 2.12 bits per heavy atom. The average molecular weight is 348 g/mol. The van der Waals surface area contributed by atoms with Crippen molar-refractivity contribution in [3.63, 3.8) is 0 Å². The molecule has 0 aliphatic heterocycles. The Morgan fingerprint density at radius 3 is 2.92 bits per heavy atom. The zero-order valence-electron chi connectivity index (χ0n) is 12.7. The quantitative estimate of drug-likeness (QED) is 0.720. The fourth-order valence-corrected chi connectivity index (χ4v) is 3.00. The minimum Gasteiger partial charge on any atom is -0.349 e. The molecule has 8 heteroatoms. The Labute approximate surface area is 141 Å². The third-order valence-corrected chi connectivity index (χ3v) is 4.36. The van der Waals surface area contributed by atoms with E-state index in [1.165, 1.54) is 17.8 Å². The number of benzene rings is 1. The molecule has 0 aliphatic rings. The van der Waals surface area contributed by atoms with E-state index in [4.69, 9.17) is 0 Å². The van der Waals surface area contributed by atoms with Gasteiger partial charge < -0.3 is 5.32 Å². The third-order valence-electron chi connectivity index (χ3n) is 3.42. The molecule has 124 valence electrons. The van der Waals surface area contributed by atoms with Gasteiger partial charge in [-0.25, -0.2) is 8.78 Å². The molecule has 3 aromatic rings. The molecule has 1 amide bonds. The maximum absolute atomic E-state index is 13.7. The van der Waals surface area contributed by atoms with E-state index < -0.39 is 17.7 Å². The van der Waals surface area contributed by atoms with Crippen molar-refractivity contribution in [2.75, 3.05) is 5.75 Å². The number of fused-ring (bicyclic) bond motifs is 1. The Bertz CT molecular complexity index is 883. The number of thioether (sulfide) groups is 1. The Kier molecular flexibility index (Phi) is 4.75. The highest BCUT2D eigenvalue weighted by atomic mass is 32.2. The van der Waals surface area contributed by atoms with Crippen LogP contribution in [0.25, 0.3) is 5.65 Å². The number of hydrogen-bond acceptors (Lipinski definition) is 4. The highest BCUT2D eigenvalue weighted by Gasteiger charge is 2.15. The number of nitrogens with one attached hydrogen (secondary N) is 1. The van der Waals surface area contributed by atoms with Gasteiger partial charge in [0.05, 0.1) is 11.8 Å². The molecule has 0 unspecified atom stereocenters. The first kappa shape index (κ1) is 16.4. The molecule has 0 bridgehead atoms. The molecule has 1 atom stereocenters. The Balaban J connectivity index is 1.61. The van der Waals surface area contributed by atoms with Gasteiger partial charge in [-0.05, 0) is 25.1 Å². The minimum atomic E-state index is -0.682. The lowest BCUT2D eigenvalue weighted by Gasteiger charge is -2.14.